The Labute approximate surface area is 123 Å². The molecule has 0 bridgehead atoms. The molecular weight excluding hydrogens is 277 g/mol. The predicted octanol–water partition coefficient (Wildman–Crippen LogP) is 3.29. The molecule has 3 nitrogen and oxygen atoms in total. The van der Waals surface area contributed by atoms with Gasteiger partial charge in [-0.1, -0.05) is 0 Å². The van der Waals surface area contributed by atoms with Crippen LogP contribution in [0.15, 0.2) is 29.2 Å². The molecule has 1 fully saturated rings. The summed E-state index contributed by atoms with van der Waals surface area (Å²) in [5.74, 6) is -0.182. The molecule has 1 aliphatic carbocycles. The highest BCUT2D eigenvalue weighted by atomic mass is 32.2. The van der Waals surface area contributed by atoms with Gasteiger partial charge < -0.3 is 5.11 Å². The highest BCUT2D eigenvalue weighted by molar-refractivity contribution is 7.99. The van der Waals surface area contributed by atoms with Gasteiger partial charge in [-0.25, -0.2) is 4.39 Å². The van der Waals surface area contributed by atoms with E-state index in [9.17, 15) is 14.3 Å². The van der Waals surface area contributed by atoms with Gasteiger partial charge in [0.15, 0.2) is 0 Å². The smallest absolute Gasteiger partial charge is 0.323 e. The minimum Gasteiger partial charge on any atom is -0.480 e. The van der Waals surface area contributed by atoms with Crippen LogP contribution in [0.2, 0.25) is 0 Å². The standard InChI is InChI=1S/C15H20FNO2S/c1-15(14(18)19,17-12-5-6-12)9-2-10-20-13-7-3-11(16)4-8-13/h3-4,7-8,12,17H,2,5-6,9-10H2,1H3,(H,18,19). The van der Waals surface area contributed by atoms with Crippen LogP contribution in [0.5, 0.6) is 0 Å². The Morgan fingerprint density at radius 1 is 1.45 bits per heavy atom. The first-order valence-corrected chi connectivity index (χ1v) is 7.88. The fourth-order valence-corrected chi connectivity index (χ4v) is 2.92. The Morgan fingerprint density at radius 2 is 2.10 bits per heavy atom. The van der Waals surface area contributed by atoms with Gasteiger partial charge in [0.2, 0.25) is 0 Å². The van der Waals surface area contributed by atoms with Crippen molar-refractivity contribution in [3.8, 4) is 0 Å². The lowest BCUT2D eigenvalue weighted by Gasteiger charge is -2.26. The van der Waals surface area contributed by atoms with E-state index in [1.54, 1.807) is 30.8 Å². The van der Waals surface area contributed by atoms with Crippen LogP contribution in [0.3, 0.4) is 0 Å². The van der Waals surface area contributed by atoms with Crippen LogP contribution in [-0.4, -0.2) is 28.4 Å². The van der Waals surface area contributed by atoms with Crippen LogP contribution in [-0.2, 0) is 4.79 Å². The van der Waals surface area contributed by atoms with Gasteiger partial charge in [-0.3, -0.25) is 10.1 Å². The molecule has 0 heterocycles. The van der Waals surface area contributed by atoms with Crippen molar-refractivity contribution in [2.24, 2.45) is 0 Å². The fraction of sp³-hybridized carbons (Fsp3) is 0.533. The summed E-state index contributed by atoms with van der Waals surface area (Å²) in [4.78, 5) is 12.4. The molecule has 1 aromatic rings. The third-order valence-corrected chi connectivity index (χ3v) is 4.57. The maximum Gasteiger partial charge on any atom is 0.323 e. The topological polar surface area (TPSA) is 49.3 Å². The van der Waals surface area contributed by atoms with E-state index in [-0.39, 0.29) is 5.82 Å². The molecule has 0 amide bonds. The molecule has 2 rings (SSSR count). The highest BCUT2D eigenvalue weighted by Crippen LogP contribution is 2.26. The van der Waals surface area contributed by atoms with Gasteiger partial charge in [-0.15, -0.1) is 11.8 Å². The van der Waals surface area contributed by atoms with Gasteiger partial charge in [-0.05, 0) is 62.6 Å². The van der Waals surface area contributed by atoms with Gasteiger partial charge >= 0.3 is 5.97 Å². The molecule has 0 radical (unpaired) electrons. The Morgan fingerprint density at radius 3 is 2.65 bits per heavy atom. The number of carbonyl (C=O) groups is 1. The zero-order chi connectivity index (χ0) is 14.6. The van der Waals surface area contributed by atoms with Crippen LogP contribution in [0.4, 0.5) is 4.39 Å². The molecule has 0 saturated heterocycles. The molecule has 0 aromatic heterocycles. The number of carboxylic acids is 1. The molecule has 1 saturated carbocycles. The van der Waals surface area contributed by atoms with Gasteiger partial charge in [0.05, 0.1) is 0 Å². The first-order valence-electron chi connectivity index (χ1n) is 6.89. The third-order valence-electron chi connectivity index (χ3n) is 3.48. The molecule has 0 spiro atoms. The van der Waals surface area contributed by atoms with E-state index in [1.165, 1.54) is 12.1 Å². The lowest BCUT2D eigenvalue weighted by molar-refractivity contribution is -0.144. The van der Waals surface area contributed by atoms with Crippen molar-refractivity contribution >= 4 is 17.7 Å². The average Bonchev–Trinajstić information content (AvgIpc) is 3.20. The molecule has 2 N–H and O–H groups in total. The maximum absolute atomic E-state index is 12.8. The Kier molecular flexibility index (Phi) is 5.05. The van der Waals surface area contributed by atoms with E-state index in [0.717, 1.165) is 29.9 Å². The summed E-state index contributed by atoms with van der Waals surface area (Å²) in [5.41, 5.74) is -0.829. The summed E-state index contributed by atoms with van der Waals surface area (Å²) in [7, 11) is 0. The van der Waals surface area contributed by atoms with Crippen molar-refractivity contribution in [3.63, 3.8) is 0 Å². The summed E-state index contributed by atoms with van der Waals surface area (Å²) in [6.45, 7) is 1.76. The SMILES string of the molecule is CC(CCCSc1ccc(F)cc1)(NC1CC1)C(=O)O. The van der Waals surface area contributed by atoms with E-state index in [4.69, 9.17) is 0 Å². The second kappa shape index (κ2) is 6.59. The number of hydrogen-bond donors (Lipinski definition) is 2. The first-order chi connectivity index (χ1) is 9.49. The largest absolute Gasteiger partial charge is 0.480 e. The van der Waals surface area contributed by atoms with Crippen molar-refractivity contribution in [1.29, 1.82) is 0 Å². The minimum atomic E-state index is -0.829. The second-order valence-electron chi connectivity index (χ2n) is 5.46. The predicted molar refractivity (Wildman–Crippen MR) is 78.6 cm³/mol. The molecule has 20 heavy (non-hydrogen) atoms. The summed E-state index contributed by atoms with van der Waals surface area (Å²) in [5, 5.41) is 12.6. The summed E-state index contributed by atoms with van der Waals surface area (Å²) < 4.78 is 12.8. The lowest BCUT2D eigenvalue weighted by Crippen LogP contribution is -2.50. The van der Waals surface area contributed by atoms with Crippen molar-refractivity contribution in [2.75, 3.05) is 5.75 Å². The van der Waals surface area contributed by atoms with Crippen LogP contribution in [0.25, 0.3) is 0 Å². The number of halogens is 1. The average molecular weight is 297 g/mol. The quantitative estimate of drug-likeness (QED) is 0.571. The van der Waals surface area contributed by atoms with Crippen LogP contribution >= 0.6 is 11.8 Å². The summed E-state index contributed by atoms with van der Waals surface area (Å²) in [6.07, 6.45) is 3.57. The number of rotatable bonds is 8. The lowest BCUT2D eigenvalue weighted by atomic mass is 9.96. The molecule has 1 aromatic carbocycles. The Bertz CT molecular complexity index is 461. The number of hydrogen-bond acceptors (Lipinski definition) is 3. The van der Waals surface area contributed by atoms with Gasteiger partial charge in [0, 0.05) is 10.9 Å². The second-order valence-corrected chi connectivity index (χ2v) is 6.63. The maximum atomic E-state index is 12.8. The summed E-state index contributed by atoms with van der Waals surface area (Å²) >= 11 is 1.63. The zero-order valence-corrected chi connectivity index (χ0v) is 12.4. The number of carboxylic acid groups (broad SMARTS) is 1. The van der Waals surface area contributed by atoms with Crippen molar-refractivity contribution in [2.45, 2.75) is 49.1 Å². The van der Waals surface area contributed by atoms with Gasteiger partial charge in [0.25, 0.3) is 0 Å². The third kappa shape index (κ3) is 4.49. The molecule has 1 aliphatic rings. The van der Waals surface area contributed by atoms with Crippen LogP contribution < -0.4 is 5.32 Å². The van der Waals surface area contributed by atoms with Gasteiger partial charge in [-0.2, -0.15) is 0 Å². The van der Waals surface area contributed by atoms with Crippen molar-refractivity contribution in [1.82, 2.24) is 5.32 Å². The Balaban J connectivity index is 1.75. The number of aliphatic carboxylic acids is 1. The molecular formula is C15H20FNO2S. The molecule has 110 valence electrons. The van der Waals surface area contributed by atoms with E-state index < -0.39 is 11.5 Å². The monoisotopic (exact) mass is 297 g/mol. The Hall–Kier alpha value is -1.07. The number of thioether (sulfide) groups is 1. The number of nitrogens with one attached hydrogen (secondary N) is 1. The molecule has 1 unspecified atom stereocenters. The highest BCUT2D eigenvalue weighted by Gasteiger charge is 2.37. The van der Waals surface area contributed by atoms with Crippen LogP contribution in [0.1, 0.15) is 32.6 Å². The molecule has 5 heteroatoms. The minimum absolute atomic E-state index is 0.235. The summed E-state index contributed by atoms with van der Waals surface area (Å²) in [6, 6.07) is 6.76. The van der Waals surface area contributed by atoms with E-state index in [0.29, 0.717) is 12.5 Å². The van der Waals surface area contributed by atoms with E-state index in [1.807, 2.05) is 0 Å². The van der Waals surface area contributed by atoms with Gasteiger partial charge in [0.1, 0.15) is 11.4 Å². The normalized spacial score (nSPS) is 17.7. The first kappa shape index (κ1) is 15.3. The fourth-order valence-electron chi connectivity index (χ4n) is 2.07. The number of benzene rings is 1. The van der Waals surface area contributed by atoms with Crippen molar-refractivity contribution < 1.29 is 14.3 Å². The molecule has 1 atom stereocenters. The van der Waals surface area contributed by atoms with Crippen LogP contribution in [0, 0.1) is 5.82 Å². The molecule has 0 aliphatic heterocycles. The van der Waals surface area contributed by atoms with Crippen molar-refractivity contribution in [3.05, 3.63) is 30.1 Å². The van der Waals surface area contributed by atoms with E-state index in [2.05, 4.69) is 5.32 Å². The van der Waals surface area contributed by atoms with E-state index >= 15 is 0 Å². The zero-order valence-electron chi connectivity index (χ0n) is 11.6.